The molecule has 0 amide bonds. The van der Waals surface area contributed by atoms with E-state index in [1.807, 2.05) is 30.3 Å². The zero-order chi connectivity index (χ0) is 27.3. The van der Waals surface area contributed by atoms with Crippen LogP contribution in [0.5, 0.6) is 0 Å². The molecule has 2 aromatic rings. The maximum atomic E-state index is 14.1. The third-order valence-electron chi connectivity index (χ3n) is 8.15. The topological polar surface area (TPSA) is 59.0 Å². The van der Waals surface area contributed by atoms with Crippen molar-refractivity contribution in [1.29, 1.82) is 0 Å². The summed E-state index contributed by atoms with van der Waals surface area (Å²) in [4.78, 5) is 14.3. The lowest BCUT2D eigenvalue weighted by atomic mass is 9.95. The Balaban J connectivity index is 1.39. The van der Waals surface area contributed by atoms with Crippen molar-refractivity contribution in [2.75, 3.05) is 26.3 Å². The summed E-state index contributed by atoms with van der Waals surface area (Å²) in [5, 5.41) is 11.6. The molecule has 2 aromatic carbocycles. The van der Waals surface area contributed by atoms with Gasteiger partial charge in [0.15, 0.2) is 0 Å². The molecule has 7 heteroatoms. The van der Waals surface area contributed by atoms with Crippen molar-refractivity contribution >= 4 is 17.6 Å². The standard InChI is InChI=1S/C31H41ClFNO4/c1-4-24-18-31(24,28-12-11-25(32)17-23(28)10-13-30(36)37-5-2)38-20-27(35)19-34-14-6-7-26(34)15-22-9-8-21(3)29(33)16-22/h8-9,11-12,16-17,24,26-27,35H,4-7,10,13-15,18-20H2,1-3H3/t24?,26-,27+,31?/m0/s1. The number of β-amino-alcohol motifs (C(OH)–C–C–N with tert-alkyl or cyclic N) is 1. The van der Waals surface area contributed by atoms with Crippen LogP contribution in [0.2, 0.25) is 5.02 Å². The molecular weight excluding hydrogens is 505 g/mol. The highest BCUT2D eigenvalue weighted by atomic mass is 35.5. The minimum atomic E-state index is -0.629. The van der Waals surface area contributed by atoms with E-state index in [1.54, 1.807) is 19.9 Å². The molecule has 1 heterocycles. The largest absolute Gasteiger partial charge is 0.466 e. The van der Waals surface area contributed by atoms with Crippen LogP contribution in [-0.4, -0.2) is 54.4 Å². The summed E-state index contributed by atoms with van der Waals surface area (Å²) in [6.45, 7) is 7.79. The molecule has 5 nitrogen and oxygen atoms in total. The normalized spacial score (nSPS) is 23.9. The molecule has 0 bridgehead atoms. The van der Waals surface area contributed by atoms with Gasteiger partial charge in [-0.15, -0.1) is 0 Å². The van der Waals surface area contributed by atoms with E-state index in [1.165, 1.54) is 0 Å². The Hall–Kier alpha value is -1.99. The van der Waals surface area contributed by atoms with Crippen LogP contribution in [0.15, 0.2) is 36.4 Å². The molecule has 1 saturated heterocycles. The van der Waals surface area contributed by atoms with Crippen molar-refractivity contribution in [3.63, 3.8) is 0 Å². The lowest BCUT2D eigenvalue weighted by molar-refractivity contribution is -0.143. The SMILES string of the molecule is CCOC(=O)CCc1cc(Cl)ccc1C1(OC[C@H](O)CN2CCC[C@H]2Cc2ccc(C)c(F)c2)CC1CC. The zero-order valence-electron chi connectivity index (χ0n) is 22.8. The predicted octanol–water partition coefficient (Wildman–Crippen LogP) is 5.99. The van der Waals surface area contributed by atoms with Crippen LogP contribution >= 0.6 is 11.6 Å². The summed E-state index contributed by atoms with van der Waals surface area (Å²) in [5.41, 5.74) is 3.26. The Morgan fingerprint density at radius 2 is 2.08 bits per heavy atom. The van der Waals surface area contributed by atoms with Gasteiger partial charge in [0.25, 0.3) is 0 Å². The number of aliphatic hydroxyl groups excluding tert-OH is 1. The van der Waals surface area contributed by atoms with E-state index < -0.39 is 11.7 Å². The number of nitrogens with zero attached hydrogens (tertiary/aromatic N) is 1. The monoisotopic (exact) mass is 545 g/mol. The molecule has 0 radical (unpaired) electrons. The maximum Gasteiger partial charge on any atom is 0.306 e. The molecule has 0 spiro atoms. The highest BCUT2D eigenvalue weighted by molar-refractivity contribution is 6.30. The van der Waals surface area contributed by atoms with Gasteiger partial charge in [-0.2, -0.15) is 0 Å². The summed E-state index contributed by atoms with van der Waals surface area (Å²) in [5.74, 6) is -0.0297. The Kier molecular flexibility index (Phi) is 9.85. The first-order valence-corrected chi connectivity index (χ1v) is 14.4. The first-order chi connectivity index (χ1) is 18.3. The van der Waals surface area contributed by atoms with E-state index in [9.17, 15) is 14.3 Å². The molecule has 0 aromatic heterocycles. The van der Waals surface area contributed by atoms with Gasteiger partial charge in [0.2, 0.25) is 0 Å². The smallest absolute Gasteiger partial charge is 0.306 e. The summed E-state index contributed by atoms with van der Waals surface area (Å²) in [7, 11) is 0. The number of rotatable bonds is 13. The zero-order valence-corrected chi connectivity index (χ0v) is 23.6. The number of ether oxygens (including phenoxy) is 2. The van der Waals surface area contributed by atoms with Crippen molar-refractivity contribution < 1.29 is 23.8 Å². The molecule has 2 aliphatic rings. The molecule has 208 valence electrons. The fourth-order valence-electron chi connectivity index (χ4n) is 5.99. The lowest BCUT2D eigenvalue weighted by Gasteiger charge is -2.29. The van der Waals surface area contributed by atoms with Crippen LogP contribution < -0.4 is 0 Å². The van der Waals surface area contributed by atoms with Crippen LogP contribution in [0, 0.1) is 18.7 Å². The molecule has 2 unspecified atom stereocenters. The van der Waals surface area contributed by atoms with Gasteiger partial charge in [0, 0.05) is 24.0 Å². The Bertz CT molecular complexity index is 1110. The second-order valence-electron chi connectivity index (χ2n) is 10.8. The first kappa shape index (κ1) is 29.0. The van der Waals surface area contributed by atoms with Gasteiger partial charge < -0.3 is 14.6 Å². The number of aryl methyl sites for hydroxylation is 2. The molecule has 4 atom stereocenters. The van der Waals surface area contributed by atoms with Gasteiger partial charge in [-0.25, -0.2) is 4.39 Å². The van der Waals surface area contributed by atoms with Gasteiger partial charge >= 0.3 is 5.97 Å². The van der Waals surface area contributed by atoms with Crippen molar-refractivity contribution in [1.82, 2.24) is 4.90 Å². The molecule has 1 aliphatic carbocycles. The number of likely N-dealkylation sites (tertiary alicyclic amines) is 1. The fourth-order valence-corrected chi connectivity index (χ4v) is 6.18. The molecule has 4 rings (SSSR count). The summed E-state index contributed by atoms with van der Waals surface area (Å²) >= 11 is 6.32. The number of hydrogen-bond acceptors (Lipinski definition) is 5. The first-order valence-electron chi connectivity index (χ1n) is 14.0. The van der Waals surface area contributed by atoms with Gasteiger partial charge in [0.05, 0.1) is 24.9 Å². The van der Waals surface area contributed by atoms with Crippen LogP contribution in [0.4, 0.5) is 4.39 Å². The molecule has 2 fully saturated rings. The average Bonchev–Trinajstić information content (AvgIpc) is 3.46. The van der Waals surface area contributed by atoms with E-state index >= 15 is 0 Å². The van der Waals surface area contributed by atoms with Crippen molar-refractivity contribution in [2.24, 2.45) is 5.92 Å². The fraction of sp³-hybridized carbons (Fsp3) is 0.581. The molecule has 1 aliphatic heterocycles. The minimum absolute atomic E-state index is 0.162. The molecule has 1 saturated carbocycles. The lowest BCUT2D eigenvalue weighted by Crippen LogP contribution is -2.39. The summed E-state index contributed by atoms with van der Waals surface area (Å²) < 4.78 is 25.7. The van der Waals surface area contributed by atoms with E-state index in [0.29, 0.717) is 36.1 Å². The highest BCUT2D eigenvalue weighted by Gasteiger charge is 2.56. The number of esters is 1. The Morgan fingerprint density at radius 3 is 2.79 bits per heavy atom. The van der Waals surface area contributed by atoms with Crippen LogP contribution in [0.25, 0.3) is 0 Å². The van der Waals surface area contributed by atoms with Gasteiger partial charge in [-0.3, -0.25) is 9.69 Å². The highest BCUT2D eigenvalue weighted by Crippen LogP contribution is 2.58. The second-order valence-corrected chi connectivity index (χ2v) is 11.3. The number of halogens is 2. The van der Waals surface area contributed by atoms with Gasteiger partial charge in [-0.1, -0.05) is 43.1 Å². The molecule has 38 heavy (non-hydrogen) atoms. The maximum absolute atomic E-state index is 14.1. The van der Waals surface area contributed by atoms with Gasteiger partial charge in [-0.05, 0) is 98.9 Å². The quantitative estimate of drug-likeness (QED) is 0.313. The second kappa shape index (κ2) is 12.9. The third-order valence-corrected chi connectivity index (χ3v) is 8.39. The number of hydrogen-bond donors (Lipinski definition) is 1. The van der Waals surface area contributed by atoms with Crippen molar-refractivity contribution in [3.8, 4) is 0 Å². The van der Waals surface area contributed by atoms with E-state index in [-0.39, 0.29) is 30.9 Å². The summed E-state index contributed by atoms with van der Waals surface area (Å²) in [6.07, 6.45) is 4.94. The molecule has 1 N–H and O–H groups in total. The van der Waals surface area contributed by atoms with E-state index in [0.717, 1.165) is 55.3 Å². The van der Waals surface area contributed by atoms with Crippen LogP contribution in [0.1, 0.15) is 68.2 Å². The Morgan fingerprint density at radius 1 is 1.26 bits per heavy atom. The van der Waals surface area contributed by atoms with Gasteiger partial charge in [0.1, 0.15) is 5.82 Å². The predicted molar refractivity (Wildman–Crippen MR) is 148 cm³/mol. The summed E-state index contributed by atoms with van der Waals surface area (Å²) in [6, 6.07) is 11.6. The third kappa shape index (κ3) is 6.95. The van der Waals surface area contributed by atoms with Crippen molar-refractivity contribution in [2.45, 2.75) is 83.5 Å². The molecular formula is C31H41ClFNO4. The average molecular weight is 546 g/mol. The Labute approximate surface area is 231 Å². The number of aliphatic hydroxyl groups is 1. The van der Waals surface area contributed by atoms with E-state index in [2.05, 4.69) is 11.8 Å². The van der Waals surface area contributed by atoms with Crippen molar-refractivity contribution in [3.05, 3.63) is 69.5 Å². The minimum Gasteiger partial charge on any atom is -0.466 e. The number of benzene rings is 2. The number of carbonyl (C=O) groups excluding carboxylic acids is 1. The van der Waals surface area contributed by atoms with Crippen LogP contribution in [0.3, 0.4) is 0 Å². The van der Waals surface area contributed by atoms with E-state index in [4.69, 9.17) is 21.1 Å². The number of carbonyl (C=O) groups is 1. The van der Waals surface area contributed by atoms with Crippen LogP contribution in [-0.2, 0) is 32.7 Å².